The number of piperidine rings is 1. The number of likely N-dealkylation sites (tertiary alicyclic amines) is 1. The number of carbonyl (C=O) groups excluding carboxylic acids is 1. The third-order valence-electron chi connectivity index (χ3n) is 4.17. The van der Waals surface area contributed by atoms with Gasteiger partial charge in [0.2, 0.25) is 5.91 Å². The van der Waals surface area contributed by atoms with E-state index in [2.05, 4.69) is 5.32 Å². The number of carboxylic acid groups (broad SMARTS) is 1. The smallest absolute Gasteiger partial charge is 0.308 e. The zero-order valence-corrected chi connectivity index (χ0v) is 10.9. The Labute approximate surface area is 108 Å². The van der Waals surface area contributed by atoms with Crippen molar-refractivity contribution >= 4 is 11.9 Å². The lowest BCUT2D eigenvalue weighted by molar-refractivity contribution is -0.145. The lowest BCUT2D eigenvalue weighted by atomic mass is 9.85. The molecule has 5 heteroatoms. The summed E-state index contributed by atoms with van der Waals surface area (Å²) in [6.45, 7) is 3.47. The standard InChI is InChI=1S/C13H22N2O3/c1-9(16)15-7-11(13(17)18)5-12(8-15)14-6-10-3-2-4-10/h10-12,14H,2-8H2,1H3,(H,17,18). The summed E-state index contributed by atoms with van der Waals surface area (Å²) in [5.74, 6) is -0.504. The van der Waals surface area contributed by atoms with Gasteiger partial charge in [0.15, 0.2) is 0 Å². The van der Waals surface area contributed by atoms with Crippen molar-refractivity contribution in [1.82, 2.24) is 10.2 Å². The molecule has 2 N–H and O–H groups in total. The van der Waals surface area contributed by atoms with E-state index in [0.29, 0.717) is 19.5 Å². The van der Waals surface area contributed by atoms with E-state index in [4.69, 9.17) is 5.11 Å². The Morgan fingerprint density at radius 1 is 1.33 bits per heavy atom. The van der Waals surface area contributed by atoms with Gasteiger partial charge in [0, 0.05) is 26.1 Å². The molecule has 1 amide bonds. The lowest BCUT2D eigenvalue weighted by Crippen LogP contribution is -2.53. The maximum Gasteiger partial charge on any atom is 0.308 e. The highest BCUT2D eigenvalue weighted by Gasteiger charge is 2.33. The minimum Gasteiger partial charge on any atom is -0.481 e. The maximum absolute atomic E-state index is 11.4. The molecular weight excluding hydrogens is 232 g/mol. The van der Waals surface area contributed by atoms with Gasteiger partial charge in [-0.1, -0.05) is 6.42 Å². The molecule has 2 aliphatic rings. The highest BCUT2D eigenvalue weighted by atomic mass is 16.4. The third-order valence-corrected chi connectivity index (χ3v) is 4.17. The molecule has 1 saturated heterocycles. The van der Waals surface area contributed by atoms with Crippen LogP contribution < -0.4 is 5.32 Å². The van der Waals surface area contributed by atoms with Crippen LogP contribution in [0.3, 0.4) is 0 Å². The van der Waals surface area contributed by atoms with Crippen molar-refractivity contribution in [2.45, 2.75) is 38.6 Å². The Hall–Kier alpha value is -1.10. The van der Waals surface area contributed by atoms with Crippen molar-refractivity contribution in [1.29, 1.82) is 0 Å². The molecule has 0 aromatic heterocycles. The topological polar surface area (TPSA) is 69.6 Å². The Morgan fingerprint density at radius 2 is 2.06 bits per heavy atom. The van der Waals surface area contributed by atoms with E-state index in [1.807, 2.05) is 0 Å². The number of amides is 1. The first kappa shape index (κ1) is 13.3. The molecule has 5 nitrogen and oxygen atoms in total. The maximum atomic E-state index is 11.4. The van der Waals surface area contributed by atoms with Crippen LogP contribution in [0.25, 0.3) is 0 Å². The molecule has 1 aliphatic carbocycles. The summed E-state index contributed by atoms with van der Waals surface area (Å²) in [6, 6.07) is 0.129. The van der Waals surface area contributed by atoms with E-state index in [1.54, 1.807) is 4.90 Å². The first-order valence-electron chi connectivity index (χ1n) is 6.78. The second-order valence-corrected chi connectivity index (χ2v) is 5.60. The van der Waals surface area contributed by atoms with Crippen molar-refractivity contribution in [3.05, 3.63) is 0 Å². The lowest BCUT2D eigenvalue weighted by Gasteiger charge is -2.37. The van der Waals surface area contributed by atoms with Gasteiger partial charge in [0.25, 0.3) is 0 Å². The Balaban J connectivity index is 1.87. The van der Waals surface area contributed by atoms with Crippen LogP contribution in [0.15, 0.2) is 0 Å². The first-order valence-corrected chi connectivity index (χ1v) is 6.78. The van der Waals surface area contributed by atoms with E-state index in [1.165, 1.54) is 26.2 Å². The molecule has 1 aliphatic heterocycles. The van der Waals surface area contributed by atoms with Gasteiger partial charge in [-0.25, -0.2) is 0 Å². The van der Waals surface area contributed by atoms with Crippen LogP contribution in [-0.4, -0.2) is 47.6 Å². The van der Waals surface area contributed by atoms with Gasteiger partial charge in [0.1, 0.15) is 0 Å². The van der Waals surface area contributed by atoms with Gasteiger partial charge in [0.05, 0.1) is 5.92 Å². The average molecular weight is 254 g/mol. The number of hydrogen-bond donors (Lipinski definition) is 2. The van der Waals surface area contributed by atoms with Crippen LogP contribution in [-0.2, 0) is 9.59 Å². The van der Waals surface area contributed by atoms with Crippen LogP contribution in [0.1, 0.15) is 32.6 Å². The zero-order valence-electron chi connectivity index (χ0n) is 10.9. The van der Waals surface area contributed by atoms with Crippen molar-refractivity contribution in [2.75, 3.05) is 19.6 Å². The van der Waals surface area contributed by atoms with Crippen LogP contribution in [0.5, 0.6) is 0 Å². The van der Waals surface area contributed by atoms with E-state index in [9.17, 15) is 9.59 Å². The number of aliphatic carboxylic acids is 1. The molecular formula is C13H22N2O3. The molecule has 102 valence electrons. The Morgan fingerprint density at radius 3 is 2.56 bits per heavy atom. The molecule has 1 saturated carbocycles. The van der Waals surface area contributed by atoms with Crippen LogP contribution in [0, 0.1) is 11.8 Å². The normalized spacial score (nSPS) is 28.8. The number of nitrogens with zero attached hydrogens (tertiary/aromatic N) is 1. The summed E-state index contributed by atoms with van der Waals surface area (Å²) >= 11 is 0. The van der Waals surface area contributed by atoms with E-state index in [-0.39, 0.29) is 11.9 Å². The predicted molar refractivity (Wildman–Crippen MR) is 67.1 cm³/mol. The average Bonchev–Trinajstić information content (AvgIpc) is 2.26. The van der Waals surface area contributed by atoms with Crippen LogP contribution in [0.2, 0.25) is 0 Å². The number of carbonyl (C=O) groups is 2. The summed E-state index contributed by atoms with van der Waals surface area (Å²) in [6.07, 6.45) is 4.50. The van der Waals surface area contributed by atoms with Crippen molar-refractivity contribution in [2.24, 2.45) is 11.8 Å². The van der Waals surface area contributed by atoms with E-state index < -0.39 is 11.9 Å². The fourth-order valence-electron chi connectivity index (χ4n) is 2.71. The second kappa shape index (κ2) is 5.69. The Kier molecular flexibility index (Phi) is 4.22. The largest absolute Gasteiger partial charge is 0.481 e. The second-order valence-electron chi connectivity index (χ2n) is 5.60. The van der Waals surface area contributed by atoms with Gasteiger partial charge in [-0.15, -0.1) is 0 Å². The van der Waals surface area contributed by atoms with Crippen molar-refractivity contribution in [3.8, 4) is 0 Å². The molecule has 0 aromatic rings. The third kappa shape index (κ3) is 3.22. The van der Waals surface area contributed by atoms with Gasteiger partial charge in [-0.05, 0) is 31.7 Å². The van der Waals surface area contributed by atoms with Crippen molar-refractivity contribution in [3.63, 3.8) is 0 Å². The van der Waals surface area contributed by atoms with Gasteiger partial charge in [-0.3, -0.25) is 9.59 Å². The highest BCUT2D eigenvalue weighted by Crippen LogP contribution is 2.26. The zero-order chi connectivity index (χ0) is 13.1. The summed E-state index contributed by atoms with van der Waals surface area (Å²) in [5.41, 5.74) is 0. The minimum absolute atomic E-state index is 0.0311. The number of nitrogens with one attached hydrogen (secondary N) is 1. The molecule has 0 aromatic carbocycles. The molecule has 2 atom stereocenters. The van der Waals surface area contributed by atoms with E-state index in [0.717, 1.165) is 12.5 Å². The van der Waals surface area contributed by atoms with Crippen LogP contribution >= 0.6 is 0 Å². The number of rotatable bonds is 4. The molecule has 2 unspecified atom stereocenters. The highest BCUT2D eigenvalue weighted by molar-refractivity contribution is 5.76. The SMILES string of the molecule is CC(=O)N1CC(NCC2CCC2)CC(C(=O)O)C1. The Bertz CT molecular complexity index is 306. The predicted octanol–water partition coefficient (Wildman–Crippen LogP) is 0.698. The van der Waals surface area contributed by atoms with Gasteiger partial charge in [-0.2, -0.15) is 0 Å². The molecule has 0 spiro atoms. The minimum atomic E-state index is -0.795. The van der Waals surface area contributed by atoms with E-state index >= 15 is 0 Å². The fraction of sp³-hybridized carbons (Fsp3) is 0.846. The fourth-order valence-corrected chi connectivity index (χ4v) is 2.71. The number of hydrogen-bond acceptors (Lipinski definition) is 3. The molecule has 2 fully saturated rings. The van der Waals surface area contributed by atoms with Crippen LogP contribution in [0.4, 0.5) is 0 Å². The molecule has 0 radical (unpaired) electrons. The molecule has 0 bridgehead atoms. The molecule has 18 heavy (non-hydrogen) atoms. The molecule has 1 heterocycles. The van der Waals surface area contributed by atoms with Gasteiger partial charge < -0.3 is 15.3 Å². The van der Waals surface area contributed by atoms with Crippen molar-refractivity contribution < 1.29 is 14.7 Å². The number of carboxylic acids is 1. The summed E-state index contributed by atoms with van der Waals surface area (Å²) < 4.78 is 0. The summed E-state index contributed by atoms with van der Waals surface area (Å²) in [7, 11) is 0. The quantitative estimate of drug-likeness (QED) is 0.774. The molecule has 2 rings (SSSR count). The van der Waals surface area contributed by atoms with Gasteiger partial charge >= 0.3 is 5.97 Å². The monoisotopic (exact) mass is 254 g/mol. The summed E-state index contributed by atoms with van der Waals surface area (Å²) in [5, 5.41) is 12.6. The first-order chi connectivity index (χ1) is 8.56. The summed E-state index contributed by atoms with van der Waals surface area (Å²) in [4.78, 5) is 24.2.